The Morgan fingerprint density at radius 2 is 2.12 bits per heavy atom. The summed E-state index contributed by atoms with van der Waals surface area (Å²) in [4.78, 5) is 18.5. The highest BCUT2D eigenvalue weighted by atomic mass is 32.2. The van der Waals surface area contributed by atoms with Crippen molar-refractivity contribution in [2.75, 3.05) is 45.3 Å². The smallest absolute Gasteiger partial charge is 0.280 e. The highest BCUT2D eigenvalue weighted by Crippen LogP contribution is 2.19. The fourth-order valence-electron chi connectivity index (χ4n) is 3.08. The van der Waals surface area contributed by atoms with Gasteiger partial charge in [-0.1, -0.05) is 35.5 Å². The van der Waals surface area contributed by atoms with Crippen molar-refractivity contribution in [3.63, 3.8) is 0 Å². The fourth-order valence-corrected chi connectivity index (χ4v) is 5.23. The molecule has 2 aromatic rings. The average Bonchev–Trinajstić information content (AvgIpc) is 3.50. The fraction of sp³-hybridized carbons (Fsp3) is 0.500. The molecule has 34 heavy (non-hydrogen) atoms. The number of hydrogen-bond acceptors (Lipinski definition) is 11. The van der Waals surface area contributed by atoms with Gasteiger partial charge in [0, 0.05) is 32.2 Å². The number of hydrogen-bond donors (Lipinski definition) is 2. The molecule has 1 amide bonds. The van der Waals surface area contributed by atoms with Gasteiger partial charge in [-0.15, -0.1) is 10.2 Å². The summed E-state index contributed by atoms with van der Waals surface area (Å²) in [6.07, 6.45) is 0.359. The average molecular weight is 514 g/mol. The van der Waals surface area contributed by atoms with Gasteiger partial charge in [-0.05, 0) is 12.1 Å². The Bertz CT molecular complexity index is 1080. The van der Waals surface area contributed by atoms with E-state index >= 15 is 0 Å². The van der Waals surface area contributed by atoms with Crippen molar-refractivity contribution in [3.8, 4) is 0 Å². The topological polar surface area (TPSA) is 153 Å². The summed E-state index contributed by atoms with van der Waals surface area (Å²) >= 11 is 1.16. The minimum Gasteiger partial charge on any atom is -0.395 e. The summed E-state index contributed by atoms with van der Waals surface area (Å²) in [5.74, 6) is -0.592. The molecular formula is C20H27N5O7S2. The molecule has 1 aromatic heterocycles. The van der Waals surface area contributed by atoms with Crippen molar-refractivity contribution in [1.82, 2.24) is 14.5 Å². The van der Waals surface area contributed by atoms with Crippen LogP contribution < -0.4 is 5.32 Å². The number of ether oxygens (including phenoxy) is 2. The Morgan fingerprint density at radius 1 is 1.35 bits per heavy atom. The number of rotatable bonds is 12. The minimum atomic E-state index is -3.80. The van der Waals surface area contributed by atoms with Crippen LogP contribution in [0.4, 0.5) is 5.13 Å². The monoisotopic (exact) mass is 513 g/mol. The molecule has 2 N–H and O–H groups in total. The molecule has 0 radical (unpaired) electrons. The number of amides is 1. The van der Waals surface area contributed by atoms with E-state index in [0.717, 1.165) is 11.3 Å². The molecule has 1 aliphatic heterocycles. The maximum absolute atomic E-state index is 13.0. The van der Waals surface area contributed by atoms with Crippen LogP contribution in [-0.4, -0.2) is 85.8 Å². The molecule has 1 aromatic carbocycles. The molecule has 0 spiro atoms. The van der Waals surface area contributed by atoms with Crippen LogP contribution in [0.25, 0.3) is 0 Å². The molecule has 1 aliphatic rings. The van der Waals surface area contributed by atoms with Gasteiger partial charge in [0.1, 0.15) is 11.6 Å². The van der Waals surface area contributed by atoms with E-state index in [9.17, 15) is 13.2 Å². The molecule has 1 saturated heterocycles. The summed E-state index contributed by atoms with van der Waals surface area (Å²) in [5, 5.41) is 24.5. The lowest BCUT2D eigenvalue weighted by atomic mass is 10.1. The quantitative estimate of drug-likeness (QED) is 0.310. The highest BCUT2D eigenvalue weighted by molar-refractivity contribution is 7.89. The molecular weight excluding hydrogens is 486 g/mol. The maximum Gasteiger partial charge on any atom is 0.280 e. The number of aliphatic hydroxyl groups is 1. The van der Waals surface area contributed by atoms with Crippen molar-refractivity contribution < 1.29 is 32.6 Å². The summed E-state index contributed by atoms with van der Waals surface area (Å²) in [7, 11) is -2.27. The van der Waals surface area contributed by atoms with E-state index in [4.69, 9.17) is 19.4 Å². The Morgan fingerprint density at radius 3 is 2.74 bits per heavy atom. The Labute approximate surface area is 201 Å². The predicted molar refractivity (Wildman–Crippen MR) is 124 cm³/mol. The number of oxime groups is 1. The van der Waals surface area contributed by atoms with E-state index in [1.54, 1.807) is 6.92 Å². The number of methoxy groups -OCH3 is 1. The number of nitrogens with zero attached hydrogens (tertiary/aromatic N) is 4. The van der Waals surface area contributed by atoms with Gasteiger partial charge in [-0.3, -0.25) is 10.1 Å². The minimum absolute atomic E-state index is 0.0140. The van der Waals surface area contributed by atoms with Crippen LogP contribution in [0.2, 0.25) is 0 Å². The molecule has 0 bridgehead atoms. The lowest BCUT2D eigenvalue weighted by Gasteiger charge is -2.19. The molecule has 0 saturated carbocycles. The molecule has 12 nitrogen and oxygen atoms in total. The third-order valence-electron chi connectivity index (χ3n) is 4.82. The van der Waals surface area contributed by atoms with Crippen LogP contribution >= 0.6 is 11.3 Å². The van der Waals surface area contributed by atoms with Crippen molar-refractivity contribution >= 4 is 38.1 Å². The van der Waals surface area contributed by atoms with E-state index in [1.165, 1.54) is 35.7 Å². The van der Waals surface area contributed by atoms with Gasteiger partial charge in [0.15, 0.2) is 11.8 Å². The van der Waals surface area contributed by atoms with Gasteiger partial charge in [0.05, 0.1) is 24.7 Å². The number of aliphatic hydroxyl groups excluding tert-OH is 1. The Kier molecular flexibility index (Phi) is 9.44. The molecule has 3 rings (SSSR count). The van der Waals surface area contributed by atoms with Crippen LogP contribution in [0.5, 0.6) is 0 Å². The predicted octanol–water partition coefficient (Wildman–Crippen LogP) is 0.836. The third kappa shape index (κ3) is 6.55. The van der Waals surface area contributed by atoms with Crippen LogP contribution in [0.1, 0.15) is 23.9 Å². The maximum atomic E-state index is 13.0. The van der Waals surface area contributed by atoms with E-state index < -0.39 is 15.9 Å². The van der Waals surface area contributed by atoms with Crippen LogP contribution in [0.3, 0.4) is 0 Å². The molecule has 1 fully saturated rings. The van der Waals surface area contributed by atoms with E-state index in [1.807, 2.05) is 0 Å². The van der Waals surface area contributed by atoms with E-state index in [-0.39, 0.29) is 48.1 Å². The second kappa shape index (κ2) is 12.3. The zero-order chi connectivity index (χ0) is 24.6. The lowest BCUT2D eigenvalue weighted by Crippen LogP contribution is -2.33. The first-order chi connectivity index (χ1) is 16.4. The molecule has 14 heteroatoms. The van der Waals surface area contributed by atoms with E-state index in [0.29, 0.717) is 30.2 Å². The molecule has 0 unspecified atom stereocenters. The number of nitrogens with one attached hydrogen (secondary N) is 1. The first-order valence-corrected chi connectivity index (χ1v) is 12.8. The van der Waals surface area contributed by atoms with Crippen molar-refractivity contribution in [2.24, 2.45) is 5.16 Å². The van der Waals surface area contributed by atoms with Crippen molar-refractivity contribution in [1.29, 1.82) is 0 Å². The van der Waals surface area contributed by atoms with Gasteiger partial charge in [0.25, 0.3) is 5.91 Å². The second-order valence-electron chi connectivity index (χ2n) is 7.16. The van der Waals surface area contributed by atoms with Gasteiger partial charge in [0.2, 0.25) is 15.2 Å². The Hall–Kier alpha value is -2.49. The summed E-state index contributed by atoms with van der Waals surface area (Å²) in [6.45, 7) is 2.77. The summed E-state index contributed by atoms with van der Waals surface area (Å²) in [5.41, 5.74) is 0.296. The van der Waals surface area contributed by atoms with Crippen LogP contribution in [0.15, 0.2) is 34.3 Å². The normalized spacial score (nSPS) is 16.7. The zero-order valence-electron chi connectivity index (χ0n) is 18.8. The largest absolute Gasteiger partial charge is 0.395 e. The molecule has 186 valence electrons. The highest BCUT2D eigenvalue weighted by Gasteiger charge is 2.25. The number of likely N-dealkylation sites (N-methyl/N-ethyl adjacent to an activating group) is 1. The Balaban J connectivity index is 1.84. The zero-order valence-corrected chi connectivity index (χ0v) is 20.5. The van der Waals surface area contributed by atoms with Gasteiger partial charge < -0.3 is 19.4 Å². The summed E-state index contributed by atoms with van der Waals surface area (Å²) < 4.78 is 37.1. The third-order valence-corrected chi connectivity index (χ3v) is 7.62. The SMILES string of the molecule is CCN(CCO)S(=O)(=O)c1ccc(C(=NO[C@@H]2CCOC2)C(=O)Nc2nnc(COC)s2)cc1. The first kappa shape index (κ1) is 26.1. The van der Waals surface area contributed by atoms with E-state index in [2.05, 4.69) is 20.7 Å². The molecule has 1 atom stereocenters. The van der Waals surface area contributed by atoms with Crippen LogP contribution in [-0.2, 0) is 35.7 Å². The number of sulfonamides is 1. The standard InChI is InChI=1S/C20H27N5O7S2/c1-3-25(9-10-26)34(28,29)16-6-4-14(5-7-16)18(24-32-15-8-11-31-12-15)19(27)21-20-23-22-17(33-20)13-30-2/h4-7,15,26H,3,8-13H2,1-2H3,(H,21,23,27)/t15-/m1/s1. The number of carbonyl (C=O) groups excluding carboxylic acids is 1. The number of anilines is 1. The van der Waals surface area contributed by atoms with Crippen molar-refractivity contribution in [3.05, 3.63) is 34.8 Å². The van der Waals surface area contributed by atoms with Crippen LogP contribution in [0, 0.1) is 0 Å². The molecule has 2 heterocycles. The number of carbonyl (C=O) groups is 1. The number of aromatic nitrogens is 2. The van der Waals surface area contributed by atoms with Gasteiger partial charge in [-0.25, -0.2) is 8.42 Å². The van der Waals surface area contributed by atoms with Gasteiger partial charge >= 0.3 is 0 Å². The summed E-state index contributed by atoms with van der Waals surface area (Å²) in [6, 6.07) is 5.72. The second-order valence-corrected chi connectivity index (χ2v) is 10.2. The first-order valence-electron chi connectivity index (χ1n) is 10.5. The molecule has 0 aliphatic carbocycles. The van der Waals surface area contributed by atoms with Crippen molar-refractivity contribution in [2.45, 2.75) is 31.0 Å². The number of benzene rings is 1. The lowest BCUT2D eigenvalue weighted by molar-refractivity contribution is -0.110. The van der Waals surface area contributed by atoms with Gasteiger partial charge in [-0.2, -0.15) is 4.31 Å².